The Balaban J connectivity index is 0.00000448. The van der Waals surface area contributed by atoms with Gasteiger partial charge >= 0.3 is 0 Å². The lowest BCUT2D eigenvalue weighted by molar-refractivity contribution is 1.62. The van der Waals surface area contributed by atoms with Crippen LogP contribution in [0.5, 0.6) is 0 Å². The van der Waals surface area contributed by atoms with Crippen LogP contribution in [0.15, 0.2) is 243 Å². The fourth-order valence-electron chi connectivity index (χ4n) is 12.4. The summed E-state index contributed by atoms with van der Waals surface area (Å²) in [5, 5.41) is 12.9. The van der Waals surface area contributed by atoms with Crippen LogP contribution >= 0.6 is 0 Å². The van der Waals surface area contributed by atoms with Gasteiger partial charge in [0.1, 0.15) is 0 Å². The lowest BCUT2D eigenvalue weighted by Crippen LogP contribution is -1.94. The van der Waals surface area contributed by atoms with E-state index in [1.807, 2.05) is 0 Å². The van der Waals surface area contributed by atoms with Crippen LogP contribution in [0, 0.1) is 0 Å². The number of hydrogen-bond donors (Lipinski definition) is 0. The molecule has 0 unspecified atom stereocenters. The van der Waals surface area contributed by atoms with Crippen LogP contribution in [0.25, 0.3) is 154 Å². The molecule has 13 aromatic rings. The van der Waals surface area contributed by atoms with Gasteiger partial charge in [-0.15, -0.1) is 0 Å². The van der Waals surface area contributed by atoms with E-state index >= 15 is 0 Å². The Labute approximate surface area is 402 Å². The van der Waals surface area contributed by atoms with E-state index in [2.05, 4.69) is 243 Å². The quantitative estimate of drug-likeness (QED) is 0.151. The van der Waals surface area contributed by atoms with Crippen LogP contribution in [0.3, 0.4) is 0 Å². The average Bonchev–Trinajstić information content (AvgIpc) is 3.91. The predicted molar refractivity (Wildman–Crippen MR) is 297 cm³/mol. The second-order valence-electron chi connectivity index (χ2n) is 18.5. The van der Waals surface area contributed by atoms with Crippen LogP contribution in [0.4, 0.5) is 0 Å². The monoisotopic (exact) mass is 872 g/mol. The summed E-state index contributed by atoms with van der Waals surface area (Å²) in [6, 6.07) is 90.7. The molecule has 0 saturated carbocycles. The highest BCUT2D eigenvalue weighted by Crippen LogP contribution is 2.61. The minimum Gasteiger partial charge on any atom is -0.0776 e. The fraction of sp³-hybridized carbons (Fsp3) is 0.0145. The summed E-state index contributed by atoms with van der Waals surface area (Å²) in [7, 11) is 0. The van der Waals surface area contributed by atoms with Crippen molar-refractivity contribution in [2.75, 3.05) is 0 Å². The molecule has 13 aromatic carbocycles. The lowest BCUT2D eigenvalue weighted by atomic mass is 9.81. The van der Waals surface area contributed by atoms with Gasteiger partial charge in [0.2, 0.25) is 0 Å². The summed E-state index contributed by atoms with van der Waals surface area (Å²) in [5.41, 5.74) is 23.1. The van der Waals surface area contributed by atoms with Crippen molar-refractivity contribution in [1.82, 2.24) is 0 Å². The molecule has 0 aromatic heterocycles. The van der Waals surface area contributed by atoms with Crippen molar-refractivity contribution in [1.29, 1.82) is 0 Å². The molecule has 0 heterocycles. The summed E-state index contributed by atoms with van der Waals surface area (Å²) in [6.45, 7) is 0. The van der Waals surface area contributed by atoms with Crippen molar-refractivity contribution in [2.45, 2.75) is 7.43 Å². The Hall–Kier alpha value is -8.84. The maximum atomic E-state index is 2.51. The highest BCUT2D eigenvalue weighted by Gasteiger charge is 2.33. The third-order valence-corrected chi connectivity index (χ3v) is 15.1. The molecular weight excluding hydrogens is 829 g/mol. The van der Waals surface area contributed by atoms with E-state index < -0.39 is 0 Å². The van der Waals surface area contributed by atoms with Gasteiger partial charge in [-0.3, -0.25) is 0 Å². The summed E-state index contributed by atoms with van der Waals surface area (Å²) < 4.78 is 0. The van der Waals surface area contributed by atoms with E-state index in [-0.39, 0.29) is 7.43 Å². The molecule has 69 heavy (non-hydrogen) atoms. The fourth-order valence-corrected chi connectivity index (χ4v) is 12.4. The van der Waals surface area contributed by atoms with E-state index in [0.717, 1.165) is 0 Å². The molecular formula is C69H44. The molecule has 0 nitrogen and oxygen atoms in total. The first kappa shape index (κ1) is 39.3. The van der Waals surface area contributed by atoms with Crippen molar-refractivity contribution in [3.8, 4) is 100 Å². The van der Waals surface area contributed by atoms with E-state index in [1.165, 1.54) is 154 Å². The topological polar surface area (TPSA) is 0 Å². The molecule has 2 aliphatic carbocycles. The normalized spacial score (nSPS) is 11.9. The van der Waals surface area contributed by atoms with E-state index in [4.69, 9.17) is 0 Å². The average molecular weight is 873 g/mol. The predicted octanol–water partition coefficient (Wildman–Crippen LogP) is 19.7. The van der Waals surface area contributed by atoms with Crippen LogP contribution in [-0.4, -0.2) is 0 Å². The smallest absolute Gasteiger partial charge is 0.000719 e. The minimum absolute atomic E-state index is 0. The second kappa shape index (κ2) is 15.1. The van der Waals surface area contributed by atoms with E-state index in [1.54, 1.807) is 0 Å². The summed E-state index contributed by atoms with van der Waals surface area (Å²) >= 11 is 0. The van der Waals surface area contributed by atoms with Crippen LogP contribution in [-0.2, 0) is 0 Å². The van der Waals surface area contributed by atoms with Crippen molar-refractivity contribution >= 4 is 53.9 Å². The SMILES string of the molecule is C.c1ccc(-c2c3c(c(-c4ccccc4)c4ccccc24)-c2ccc(-c4ccc5c(-c6ccccc6)c6c(c(-c7ccccc7)c5c4)-c4cc5ccccc5c5cccc-6c45)c4cccc-3c24)cc1. The van der Waals surface area contributed by atoms with Crippen molar-refractivity contribution < 1.29 is 0 Å². The standard InChI is InChI=1S/C68H40.CH4/c1-5-19-41(20-6-1)59-51-29-15-16-30-52(51)60(42-21-7-2-8-22-42)67-56-38-37-48(50-32-18-33-54(63(50)56)65(59)67)46-35-36-53-57(39-46)62(44-25-11-4-12-26-44)68-58-40-45-27-13-14-28-47(45)49-31-17-34-55(64(49)58)66(68)61(53)43-23-9-3-10-24-43;/h1-40H;1H4. The Morgan fingerprint density at radius 3 is 1.09 bits per heavy atom. The maximum absolute atomic E-state index is 2.51. The Kier molecular flexibility index (Phi) is 8.60. The number of benzene rings is 13. The maximum Gasteiger partial charge on any atom is -0.000719 e. The zero-order valence-electron chi connectivity index (χ0n) is 37.1. The largest absolute Gasteiger partial charge is 0.0776 e. The van der Waals surface area contributed by atoms with Crippen molar-refractivity contribution in [3.05, 3.63) is 243 Å². The van der Waals surface area contributed by atoms with Gasteiger partial charge in [-0.1, -0.05) is 238 Å². The number of rotatable bonds is 5. The summed E-state index contributed by atoms with van der Waals surface area (Å²) in [6.07, 6.45) is 0. The van der Waals surface area contributed by atoms with Gasteiger partial charge < -0.3 is 0 Å². The van der Waals surface area contributed by atoms with E-state index in [0.29, 0.717) is 0 Å². The Morgan fingerprint density at radius 2 is 0.551 bits per heavy atom. The molecule has 0 saturated heterocycles. The first-order chi connectivity index (χ1) is 33.8. The Bertz CT molecular complexity index is 4170. The van der Waals surface area contributed by atoms with Crippen LogP contribution in [0.2, 0.25) is 0 Å². The van der Waals surface area contributed by atoms with Gasteiger partial charge in [-0.05, 0) is 166 Å². The molecule has 0 aliphatic heterocycles. The zero-order valence-corrected chi connectivity index (χ0v) is 37.1. The molecule has 0 amide bonds. The number of fused-ring (bicyclic) bond motifs is 10. The molecule has 2 aliphatic rings. The molecule has 0 radical (unpaired) electrons. The highest BCUT2D eigenvalue weighted by molar-refractivity contribution is 6.32. The molecule has 320 valence electrons. The first-order valence-corrected chi connectivity index (χ1v) is 23.8. The molecule has 15 rings (SSSR count). The summed E-state index contributed by atoms with van der Waals surface area (Å²) in [4.78, 5) is 0. The first-order valence-electron chi connectivity index (χ1n) is 23.8. The molecule has 0 bridgehead atoms. The third kappa shape index (κ3) is 5.52. The van der Waals surface area contributed by atoms with Gasteiger partial charge in [0.05, 0.1) is 0 Å². The molecule has 0 heteroatoms. The van der Waals surface area contributed by atoms with Gasteiger partial charge in [-0.25, -0.2) is 0 Å². The van der Waals surface area contributed by atoms with E-state index in [9.17, 15) is 0 Å². The minimum atomic E-state index is 0. The summed E-state index contributed by atoms with van der Waals surface area (Å²) in [5.74, 6) is 0. The van der Waals surface area contributed by atoms with Crippen LogP contribution < -0.4 is 0 Å². The van der Waals surface area contributed by atoms with Gasteiger partial charge in [0, 0.05) is 0 Å². The highest BCUT2D eigenvalue weighted by atomic mass is 14.4. The zero-order chi connectivity index (χ0) is 44.5. The van der Waals surface area contributed by atoms with Gasteiger partial charge in [0.15, 0.2) is 0 Å². The number of hydrogen-bond acceptors (Lipinski definition) is 0. The molecule has 0 atom stereocenters. The van der Waals surface area contributed by atoms with Gasteiger partial charge in [0.25, 0.3) is 0 Å². The lowest BCUT2D eigenvalue weighted by Gasteiger charge is -2.21. The Morgan fingerprint density at radius 1 is 0.174 bits per heavy atom. The van der Waals surface area contributed by atoms with Gasteiger partial charge in [-0.2, -0.15) is 0 Å². The van der Waals surface area contributed by atoms with Crippen molar-refractivity contribution in [2.24, 2.45) is 0 Å². The third-order valence-electron chi connectivity index (χ3n) is 15.1. The molecule has 0 spiro atoms. The van der Waals surface area contributed by atoms with Crippen molar-refractivity contribution in [3.63, 3.8) is 0 Å². The molecule has 0 N–H and O–H groups in total. The second-order valence-corrected chi connectivity index (χ2v) is 18.5. The van der Waals surface area contributed by atoms with Crippen LogP contribution in [0.1, 0.15) is 7.43 Å². The molecule has 0 fully saturated rings.